The number of hydrogen-bond donors (Lipinski definition) is 0. The van der Waals surface area contributed by atoms with Crippen molar-refractivity contribution in [2.45, 2.75) is 0 Å². The van der Waals surface area contributed by atoms with E-state index in [1.807, 2.05) is 36.5 Å². The molecule has 0 amide bonds. The second-order valence-electron chi connectivity index (χ2n) is 12.3. The zero-order valence-corrected chi connectivity index (χ0v) is 26.4. The minimum absolute atomic E-state index is 0.788. The molecule has 230 valence electrons. The van der Waals surface area contributed by atoms with Crippen LogP contribution in [0.2, 0.25) is 0 Å². The Hall–Kier alpha value is -6.65. The molecule has 0 aliphatic carbocycles. The van der Waals surface area contributed by atoms with E-state index >= 15 is 0 Å². The van der Waals surface area contributed by atoms with Gasteiger partial charge in [0.2, 0.25) is 0 Å². The fraction of sp³-hybridized carbons (Fsp3) is 0. The van der Waals surface area contributed by atoms with Crippen LogP contribution >= 0.6 is 0 Å². The van der Waals surface area contributed by atoms with Crippen LogP contribution in [0.4, 0.5) is 17.1 Å². The first-order valence-electron chi connectivity index (χ1n) is 16.5. The van der Waals surface area contributed by atoms with Crippen molar-refractivity contribution in [2.24, 2.45) is 0 Å². The van der Waals surface area contributed by atoms with E-state index in [4.69, 9.17) is 13.8 Å². The van der Waals surface area contributed by atoms with Crippen LogP contribution < -0.4 is 4.90 Å². The maximum Gasteiger partial charge on any atom is 0.159 e. The summed E-state index contributed by atoms with van der Waals surface area (Å²) in [4.78, 5) is 7.00. The Morgan fingerprint density at radius 3 is 1.90 bits per heavy atom. The molecular weight excluding hydrogens is 601 g/mol. The average Bonchev–Trinajstić information content (AvgIpc) is 3.76. The number of benzene rings is 7. The van der Waals surface area contributed by atoms with E-state index in [-0.39, 0.29) is 0 Å². The molecule has 4 heteroatoms. The normalized spacial score (nSPS) is 11.7. The summed E-state index contributed by atoms with van der Waals surface area (Å²) in [7, 11) is 0. The first kappa shape index (κ1) is 27.5. The Morgan fingerprint density at radius 2 is 1.08 bits per heavy atom. The molecule has 0 aliphatic rings. The molecule has 0 aliphatic heterocycles. The number of pyridine rings is 1. The number of para-hydroxylation sites is 2. The zero-order valence-electron chi connectivity index (χ0n) is 26.4. The van der Waals surface area contributed by atoms with Crippen molar-refractivity contribution in [3.63, 3.8) is 0 Å². The molecule has 0 N–H and O–H groups in total. The number of fused-ring (bicyclic) bond motifs is 8. The third kappa shape index (κ3) is 4.42. The van der Waals surface area contributed by atoms with E-state index in [1.165, 1.54) is 11.1 Å². The van der Waals surface area contributed by atoms with Crippen molar-refractivity contribution in [1.29, 1.82) is 0 Å². The Balaban J connectivity index is 1.15. The number of furan rings is 2. The number of rotatable bonds is 5. The minimum atomic E-state index is 0.788. The van der Waals surface area contributed by atoms with Gasteiger partial charge in [0.1, 0.15) is 16.7 Å². The lowest BCUT2D eigenvalue weighted by Crippen LogP contribution is -2.10. The van der Waals surface area contributed by atoms with Crippen molar-refractivity contribution in [1.82, 2.24) is 4.98 Å². The summed E-state index contributed by atoms with van der Waals surface area (Å²) in [5.41, 5.74) is 11.7. The van der Waals surface area contributed by atoms with Gasteiger partial charge in [0, 0.05) is 33.9 Å². The SMILES string of the molecule is c1ccc(-c2ccc(N(c3ccc(-c4cc5ccccc5c5c4oc4cccnc45)cc3)c3cccc4c3oc3ccccc34)cc2)cc1. The second-order valence-corrected chi connectivity index (χ2v) is 12.3. The van der Waals surface area contributed by atoms with Gasteiger partial charge in [-0.15, -0.1) is 0 Å². The zero-order chi connectivity index (χ0) is 32.3. The van der Waals surface area contributed by atoms with Gasteiger partial charge >= 0.3 is 0 Å². The molecule has 0 fully saturated rings. The highest BCUT2D eigenvalue weighted by atomic mass is 16.3. The van der Waals surface area contributed by atoms with Crippen LogP contribution in [0.1, 0.15) is 0 Å². The van der Waals surface area contributed by atoms with Crippen LogP contribution in [0.25, 0.3) is 77.0 Å². The summed E-state index contributed by atoms with van der Waals surface area (Å²) in [6.45, 7) is 0. The molecule has 3 heterocycles. The fourth-order valence-electron chi connectivity index (χ4n) is 7.21. The van der Waals surface area contributed by atoms with Crippen molar-refractivity contribution < 1.29 is 8.83 Å². The Kier molecular flexibility index (Phi) is 6.15. The third-order valence-corrected chi connectivity index (χ3v) is 9.51. The van der Waals surface area contributed by atoms with E-state index in [1.54, 1.807) is 0 Å². The van der Waals surface area contributed by atoms with Crippen LogP contribution in [0.5, 0.6) is 0 Å². The Morgan fingerprint density at radius 1 is 0.449 bits per heavy atom. The molecule has 0 atom stereocenters. The second kappa shape index (κ2) is 11.0. The third-order valence-electron chi connectivity index (χ3n) is 9.51. The van der Waals surface area contributed by atoms with Gasteiger partial charge in [-0.1, -0.05) is 109 Å². The predicted octanol–water partition coefficient (Wildman–Crippen LogP) is 12.8. The molecule has 10 aromatic rings. The van der Waals surface area contributed by atoms with Gasteiger partial charge in [-0.05, 0) is 82.1 Å². The van der Waals surface area contributed by atoms with Crippen LogP contribution in [-0.4, -0.2) is 4.98 Å². The van der Waals surface area contributed by atoms with Crippen LogP contribution in [0, 0.1) is 0 Å². The lowest BCUT2D eigenvalue weighted by Gasteiger charge is -2.26. The molecular formula is C45H28N2O2. The quantitative estimate of drug-likeness (QED) is 0.190. The standard InChI is InChI=1S/C45H28N2O2/c1-2-10-29(11-3-1)30-19-23-33(24-20-30)47(39-16-8-15-37-36-14-6-7-17-40(36)48-44(37)39)34-25-21-31(22-26-34)38-28-32-12-4-5-13-35(32)42-43-41(49-45(38)42)18-9-27-46-43/h1-28H. The molecule has 49 heavy (non-hydrogen) atoms. The van der Waals surface area contributed by atoms with E-state index in [9.17, 15) is 0 Å². The van der Waals surface area contributed by atoms with Crippen molar-refractivity contribution in [3.8, 4) is 22.3 Å². The van der Waals surface area contributed by atoms with Gasteiger partial charge in [-0.25, -0.2) is 0 Å². The summed E-state index contributed by atoms with van der Waals surface area (Å²) in [5.74, 6) is 0. The molecule has 0 saturated heterocycles. The summed E-state index contributed by atoms with van der Waals surface area (Å²) < 4.78 is 13.1. The molecule has 4 nitrogen and oxygen atoms in total. The fourth-order valence-corrected chi connectivity index (χ4v) is 7.21. The highest BCUT2D eigenvalue weighted by Gasteiger charge is 2.21. The summed E-state index contributed by atoms with van der Waals surface area (Å²) in [6, 6.07) is 57.2. The average molecular weight is 629 g/mol. The maximum absolute atomic E-state index is 6.55. The van der Waals surface area contributed by atoms with Gasteiger partial charge in [-0.2, -0.15) is 0 Å². The maximum atomic E-state index is 6.55. The molecule has 3 aromatic heterocycles. The highest BCUT2D eigenvalue weighted by molar-refractivity contribution is 6.21. The smallest absolute Gasteiger partial charge is 0.159 e. The van der Waals surface area contributed by atoms with Gasteiger partial charge in [0.05, 0.1) is 11.1 Å². The number of hydrogen-bond acceptors (Lipinski definition) is 4. The van der Waals surface area contributed by atoms with Crippen molar-refractivity contribution >= 4 is 71.8 Å². The molecule has 0 radical (unpaired) electrons. The summed E-state index contributed by atoms with van der Waals surface area (Å²) in [5, 5.41) is 5.53. The summed E-state index contributed by atoms with van der Waals surface area (Å²) in [6.07, 6.45) is 1.83. The van der Waals surface area contributed by atoms with E-state index in [0.717, 1.165) is 83.0 Å². The first-order chi connectivity index (χ1) is 24.3. The van der Waals surface area contributed by atoms with Gasteiger partial charge in [-0.3, -0.25) is 4.98 Å². The van der Waals surface area contributed by atoms with E-state index < -0.39 is 0 Å². The monoisotopic (exact) mass is 628 g/mol. The van der Waals surface area contributed by atoms with Crippen molar-refractivity contribution in [3.05, 3.63) is 170 Å². The summed E-state index contributed by atoms with van der Waals surface area (Å²) >= 11 is 0. The van der Waals surface area contributed by atoms with Crippen LogP contribution in [0.15, 0.2) is 179 Å². The number of nitrogens with zero attached hydrogens (tertiary/aromatic N) is 2. The van der Waals surface area contributed by atoms with Crippen LogP contribution in [0.3, 0.4) is 0 Å². The van der Waals surface area contributed by atoms with Gasteiger partial charge in [0.15, 0.2) is 11.2 Å². The Bertz CT molecular complexity index is 2810. The topological polar surface area (TPSA) is 42.4 Å². The van der Waals surface area contributed by atoms with Crippen LogP contribution in [-0.2, 0) is 0 Å². The lowest BCUT2D eigenvalue weighted by atomic mass is 9.97. The first-order valence-corrected chi connectivity index (χ1v) is 16.5. The van der Waals surface area contributed by atoms with Gasteiger partial charge < -0.3 is 13.7 Å². The molecule has 10 rings (SSSR count). The predicted molar refractivity (Wildman–Crippen MR) is 202 cm³/mol. The molecule has 0 saturated carbocycles. The molecule has 0 bridgehead atoms. The molecule has 0 unspecified atom stereocenters. The number of aromatic nitrogens is 1. The van der Waals surface area contributed by atoms with Crippen molar-refractivity contribution in [2.75, 3.05) is 4.90 Å². The highest BCUT2D eigenvalue weighted by Crippen LogP contribution is 2.44. The molecule has 7 aromatic carbocycles. The van der Waals surface area contributed by atoms with E-state index in [2.05, 4.69) is 138 Å². The molecule has 0 spiro atoms. The lowest BCUT2D eigenvalue weighted by molar-refractivity contribution is 0.669. The van der Waals surface area contributed by atoms with Gasteiger partial charge in [0.25, 0.3) is 0 Å². The van der Waals surface area contributed by atoms with E-state index in [0.29, 0.717) is 0 Å². The largest absolute Gasteiger partial charge is 0.454 e. The number of anilines is 3. The minimum Gasteiger partial charge on any atom is -0.454 e. The Labute approximate surface area is 282 Å².